The third kappa shape index (κ3) is 4.18. The lowest BCUT2D eigenvalue weighted by Crippen LogP contribution is -2.22. The highest BCUT2D eigenvalue weighted by molar-refractivity contribution is 7.16. The maximum Gasteiger partial charge on any atom is 0.341 e. The van der Waals surface area contributed by atoms with Crippen LogP contribution >= 0.6 is 11.3 Å². The van der Waals surface area contributed by atoms with E-state index >= 15 is 0 Å². The van der Waals surface area contributed by atoms with Crippen molar-refractivity contribution in [3.63, 3.8) is 0 Å². The molecule has 1 aromatic carbocycles. The molecule has 8 heteroatoms. The Kier molecular flexibility index (Phi) is 5.50. The fourth-order valence-corrected chi connectivity index (χ4v) is 4.17. The standard InChI is InChI=1S/C22H21N3O4S/c1-12-13(2)30-21(25-20(27)14-8-9-14)19(12)22(28)29-11-18(26)24-17-7-3-6-16-15(17)5-4-10-23-16/h3-7,10,14H,8-9,11H2,1-2H3,(H,24,26)(H,25,27). The minimum atomic E-state index is -0.627. The van der Waals surface area contributed by atoms with Crippen molar-refractivity contribution >= 4 is 50.7 Å². The van der Waals surface area contributed by atoms with Gasteiger partial charge in [-0.05, 0) is 56.5 Å². The van der Waals surface area contributed by atoms with E-state index in [0.717, 1.165) is 34.2 Å². The van der Waals surface area contributed by atoms with E-state index in [1.807, 2.05) is 19.1 Å². The zero-order valence-electron chi connectivity index (χ0n) is 16.7. The van der Waals surface area contributed by atoms with E-state index in [-0.39, 0.29) is 11.8 Å². The Hall–Kier alpha value is -3.26. The van der Waals surface area contributed by atoms with Gasteiger partial charge in [-0.2, -0.15) is 0 Å². The van der Waals surface area contributed by atoms with Crippen LogP contribution in [0.15, 0.2) is 36.5 Å². The number of thiophene rings is 1. The number of hydrogen-bond donors (Lipinski definition) is 2. The van der Waals surface area contributed by atoms with Crippen LogP contribution in [0.25, 0.3) is 10.9 Å². The highest BCUT2D eigenvalue weighted by Crippen LogP contribution is 2.36. The molecule has 154 valence electrons. The highest BCUT2D eigenvalue weighted by Gasteiger charge is 2.31. The summed E-state index contributed by atoms with van der Waals surface area (Å²) in [6.07, 6.45) is 3.43. The summed E-state index contributed by atoms with van der Waals surface area (Å²) in [5, 5.41) is 6.87. The number of nitrogens with one attached hydrogen (secondary N) is 2. The lowest BCUT2D eigenvalue weighted by molar-refractivity contribution is -0.119. The quantitative estimate of drug-likeness (QED) is 0.583. The van der Waals surface area contributed by atoms with Gasteiger partial charge in [0.2, 0.25) is 5.91 Å². The fourth-order valence-electron chi connectivity index (χ4n) is 3.12. The minimum Gasteiger partial charge on any atom is -0.452 e. The molecule has 0 bridgehead atoms. The van der Waals surface area contributed by atoms with Crippen molar-refractivity contribution in [1.29, 1.82) is 0 Å². The Morgan fingerprint density at radius 3 is 2.70 bits per heavy atom. The van der Waals surface area contributed by atoms with Crippen molar-refractivity contribution in [2.45, 2.75) is 26.7 Å². The second-order valence-corrected chi connectivity index (χ2v) is 8.48. The molecule has 0 aliphatic heterocycles. The number of carbonyl (C=O) groups is 3. The van der Waals surface area contributed by atoms with Crippen molar-refractivity contribution in [1.82, 2.24) is 4.98 Å². The van der Waals surface area contributed by atoms with Crippen LogP contribution in [-0.2, 0) is 14.3 Å². The molecule has 2 aromatic heterocycles. The van der Waals surface area contributed by atoms with Crippen molar-refractivity contribution in [3.05, 3.63) is 52.5 Å². The van der Waals surface area contributed by atoms with Gasteiger partial charge in [0, 0.05) is 22.4 Å². The van der Waals surface area contributed by atoms with Gasteiger partial charge in [0.1, 0.15) is 5.00 Å². The van der Waals surface area contributed by atoms with Gasteiger partial charge < -0.3 is 15.4 Å². The fraction of sp³-hybridized carbons (Fsp3) is 0.273. The minimum absolute atomic E-state index is 0.0255. The van der Waals surface area contributed by atoms with Gasteiger partial charge in [-0.1, -0.05) is 6.07 Å². The Morgan fingerprint density at radius 2 is 1.93 bits per heavy atom. The van der Waals surface area contributed by atoms with Crippen LogP contribution in [-0.4, -0.2) is 29.4 Å². The third-order valence-electron chi connectivity index (χ3n) is 5.03. The second-order valence-electron chi connectivity index (χ2n) is 7.25. The van der Waals surface area contributed by atoms with Gasteiger partial charge in [0.15, 0.2) is 6.61 Å². The van der Waals surface area contributed by atoms with Crippen LogP contribution in [0.5, 0.6) is 0 Å². The summed E-state index contributed by atoms with van der Waals surface area (Å²) in [5.74, 6) is -1.13. The smallest absolute Gasteiger partial charge is 0.341 e. The van der Waals surface area contributed by atoms with Crippen molar-refractivity contribution < 1.29 is 19.1 Å². The number of rotatable bonds is 6. The molecule has 0 unspecified atom stereocenters. The lowest BCUT2D eigenvalue weighted by atomic mass is 10.1. The molecule has 3 aromatic rings. The number of amides is 2. The van der Waals surface area contributed by atoms with Crippen LogP contribution in [0.2, 0.25) is 0 Å². The number of hydrogen-bond acceptors (Lipinski definition) is 6. The van der Waals surface area contributed by atoms with Crippen molar-refractivity contribution in [3.8, 4) is 0 Å². The van der Waals surface area contributed by atoms with Gasteiger partial charge in [-0.15, -0.1) is 11.3 Å². The Balaban J connectivity index is 1.43. The first-order chi connectivity index (χ1) is 14.4. The van der Waals surface area contributed by atoms with Crippen LogP contribution in [0, 0.1) is 19.8 Å². The molecule has 0 spiro atoms. The zero-order chi connectivity index (χ0) is 21.3. The molecule has 30 heavy (non-hydrogen) atoms. The SMILES string of the molecule is Cc1sc(NC(=O)C2CC2)c(C(=O)OCC(=O)Nc2cccc3ncccc23)c1C. The molecule has 2 amide bonds. The average molecular weight is 423 g/mol. The van der Waals surface area contributed by atoms with Crippen LogP contribution in [0.3, 0.4) is 0 Å². The number of pyridine rings is 1. The van der Waals surface area contributed by atoms with Gasteiger partial charge in [-0.3, -0.25) is 14.6 Å². The first-order valence-electron chi connectivity index (χ1n) is 9.65. The summed E-state index contributed by atoms with van der Waals surface area (Å²) in [6, 6.07) is 9.06. The largest absolute Gasteiger partial charge is 0.452 e. The number of aryl methyl sites for hydroxylation is 1. The van der Waals surface area contributed by atoms with Gasteiger partial charge in [0.05, 0.1) is 16.8 Å². The first-order valence-corrected chi connectivity index (χ1v) is 10.5. The van der Waals surface area contributed by atoms with Gasteiger partial charge in [0.25, 0.3) is 5.91 Å². The molecule has 2 N–H and O–H groups in total. The van der Waals surface area contributed by atoms with Crippen LogP contribution in [0.4, 0.5) is 10.7 Å². The molecule has 1 saturated carbocycles. The Labute approximate surface area is 177 Å². The van der Waals surface area contributed by atoms with Crippen LogP contribution in [0.1, 0.15) is 33.6 Å². The summed E-state index contributed by atoms with van der Waals surface area (Å²) in [6.45, 7) is 3.25. The summed E-state index contributed by atoms with van der Waals surface area (Å²) in [4.78, 5) is 42.3. The summed E-state index contributed by atoms with van der Waals surface area (Å²) in [7, 11) is 0. The van der Waals surface area contributed by atoms with E-state index in [2.05, 4.69) is 15.6 Å². The predicted octanol–water partition coefficient (Wildman–Crippen LogP) is 4.06. The number of esters is 1. The highest BCUT2D eigenvalue weighted by atomic mass is 32.1. The third-order valence-corrected chi connectivity index (χ3v) is 6.15. The summed E-state index contributed by atoms with van der Waals surface area (Å²) in [5.41, 5.74) is 2.42. The van der Waals surface area contributed by atoms with Gasteiger partial charge in [-0.25, -0.2) is 4.79 Å². The molecular weight excluding hydrogens is 402 g/mol. The van der Waals surface area contributed by atoms with Crippen molar-refractivity contribution in [2.24, 2.45) is 5.92 Å². The molecular formula is C22H21N3O4S. The molecule has 1 fully saturated rings. The maximum atomic E-state index is 12.7. The Bertz CT molecular complexity index is 1150. The van der Waals surface area contributed by atoms with Gasteiger partial charge >= 0.3 is 5.97 Å². The van der Waals surface area contributed by atoms with E-state index in [1.165, 1.54) is 11.3 Å². The van der Waals surface area contributed by atoms with E-state index in [4.69, 9.17) is 4.74 Å². The van der Waals surface area contributed by atoms with Crippen molar-refractivity contribution in [2.75, 3.05) is 17.2 Å². The summed E-state index contributed by atoms with van der Waals surface area (Å²) >= 11 is 1.34. The maximum absolute atomic E-state index is 12.7. The number of benzene rings is 1. The number of aromatic nitrogens is 1. The molecule has 7 nitrogen and oxygen atoms in total. The van der Waals surface area contributed by atoms with E-state index in [9.17, 15) is 14.4 Å². The lowest BCUT2D eigenvalue weighted by Gasteiger charge is -2.10. The zero-order valence-corrected chi connectivity index (χ0v) is 17.5. The second kappa shape index (κ2) is 8.23. The molecule has 1 aliphatic carbocycles. The van der Waals surface area contributed by atoms with E-state index < -0.39 is 18.5 Å². The normalized spacial score (nSPS) is 13.1. The topological polar surface area (TPSA) is 97.4 Å². The number of ether oxygens (including phenoxy) is 1. The molecule has 4 rings (SSSR count). The van der Waals surface area contributed by atoms with E-state index in [1.54, 1.807) is 31.3 Å². The molecule has 0 saturated heterocycles. The summed E-state index contributed by atoms with van der Waals surface area (Å²) < 4.78 is 5.26. The molecule has 0 radical (unpaired) electrons. The molecule has 1 aliphatic rings. The number of anilines is 2. The number of carbonyl (C=O) groups excluding carboxylic acids is 3. The predicted molar refractivity (Wildman–Crippen MR) is 116 cm³/mol. The average Bonchev–Trinajstić information content (AvgIpc) is 3.54. The van der Waals surface area contributed by atoms with E-state index in [0.29, 0.717) is 16.3 Å². The number of fused-ring (bicyclic) bond motifs is 1. The first kappa shape index (κ1) is 20.0. The molecule has 0 atom stereocenters. The Morgan fingerprint density at radius 1 is 1.13 bits per heavy atom. The van der Waals surface area contributed by atoms with Crippen LogP contribution < -0.4 is 10.6 Å². The monoisotopic (exact) mass is 423 g/mol. The molecule has 2 heterocycles. The number of nitrogens with zero attached hydrogens (tertiary/aromatic N) is 1.